The summed E-state index contributed by atoms with van der Waals surface area (Å²) in [5.41, 5.74) is 0. The van der Waals surface area contributed by atoms with Crippen LogP contribution in [-0.4, -0.2) is 58.7 Å². The average molecular weight is 253 g/mol. The number of rotatable bonds is 10. The van der Waals surface area contributed by atoms with Crippen molar-refractivity contribution in [3.05, 3.63) is 4.91 Å². The molecule has 0 heterocycles. The third-order valence-corrected chi connectivity index (χ3v) is 5.62. The van der Waals surface area contributed by atoms with Crippen LogP contribution in [0.3, 0.4) is 0 Å². The van der Waals surface area contributed by atoms with Crippen LogP contribution in [0.15, 0.2) is 5.18 Å². The summed E-state index contributed by atoms with van der Waals surface area (Å²) in [6.07, 6.45) is 1.92. The van der Waals surface area contributed by atoms with E-state index in [1.165, 1.54) is 5.06 Å². The quantitative estimate of drug-likeness (QED) is 0.308. The zero-order valence-corrected chi connectivity index (χ0v) is 10.6. The van der Waals surface area contributed by atoms with Crippen LogP contribution in [0, 0.1) is 4.91 Å². The molecule has 0 atom stereocenters. The zero-order chi connectivity index (χ0) is 12.4. The molecule has 0 spiro atoms. The van der Waals surface area contributed by atoms with Crippen LogP contribution in [0.4, 0.5) is 0 Å². The highest BCUT2D eigenvalue weighted by Crippen LogP contribution is 2.56. The fourth-order valence-electron chi connectivity index (χ4n) is 1.25. The normalized spacial score (nSPS) is 12.1. The Morgan fingerprint density at radius 3 is 2.31 bits per heavy atom. The molecule has 0 aliphatic carbocycles. The van der Waals surface area contributed by atoms with E-state index in [9.17, 15) is 20.3 Å². The maximum atomic E-state index is 10.2. The molecule has 0 aliphatic heterocycles. The summed E-state index contributed by atoms with van der Waals surface area (Å²) in [4.78, 5) is 10.2. The van der Waals surface area contributed by atoms with E-state index in [2.05, 4.69) is 5.18 Å². The molecule has 0 fully saturated rings. The molecule has 0 rings (SSSR count). The summed E-state index contributed by atoms with van der Waals surface area (Å²) in [5, 5.41) is 31.8. The molecule has 0 aromatic rings. The Morgan fingerprint density at radius 1 is 1.25 bits per heavy atom. The van der Waals surface area contributed by atoms with Crippen molar-refractivity contribution in [2.75, 3.05) is 38.2 Å². The van der Waals surface area contributed by atoms with Crippen LogP contribution in [-0.2, 0) is 0 Å². The maximum absolute atomic E-state index is 10.2. The Labute approximate surface area is 96.5 Å². The Morgan fingerprint density at radius 2 is 1.88 bits per heavy atom. The number of hydroxylamine groups is 2. The third-order valence-electron chi connectivity index (χ3n) is 2.56. The highest BCUT2D eigenvalue weighted by molar-refractivity contribution is 7.75. The number of hydrogen-bond donors (Lipinski definition) is 3. The Bertz CT molecular complexity index is 190. The molecule has 0 saturated heterocycles. The van der Waals surface area contributed by atoms with Gasteiger partial charge in [-0.1, -0.05) is 13.3 Å². The number of unbranched alkanes of at least 4 members (excludes halogenated alkanes) is 1. The molecule has 6 nitrogen and oxygen atoms in total. The van der Waals surface area contributed by atoms with Gasteiger partial charge >= 0.3 is 0 Å². The first-order valence-electron chi connectivity index (χ1n) is 5.44. The van der Waals surface area contributed by atoms with Gasteiger partial charge in [-0.2, -0.15) is 5.06 Å². The monoisotopic (exact) mass is 253 g/mol. The molecule has 0 aromatic carbocycles. The van der Waals surface area contributed by atoms with E-state index in [1.807, 2.05) is 6.92 Å². The molecule has 0 unspecified atom stereocenters. The van der Waals surface area contributed by atoms with E-state index in [-0.39, 0.29) is 19.0 Å². The molecule has 3 N–H and O–H groups in total. The third kappa shape index (κ3) is 5.82. The lowest BCUT2D eigenvalue weighted by molar-refractivity contribution is -0.0860. The lowest BCUT2D eigenvalue weighted by atomic mass is 10.3. The van der Waals surface area contributed by atoms with E-state index in [1.54, 1.807) is 0 Å². The highest BCUT2D eigenvalue weighted by atomic mass is 31.2. The first-order valence-corrected chi connectivity index (χ1v) is 7.97. The topological polar surface area (TPSA) is 93.4 Å². The lowest BCUT2D eigenvalue weighted by Crippen LogP contribution is -2.27. The summed E-state index contributed by atoms with van der Waals surface area (Å²) in [6, 6.07) is 0. The van der Waals surface area contributed by atoms with Crippen molar-refractivity contribution in [3.8, 4) is 0 Å². The van der Waals surface area contributed by atoms with Crippen molar-refractivity contribution in [2.24, 2.45) is 5.18 Å². The predicted molar refractivity (Wildman–Crippen MR) is 64.9 cm³/mol. The fourth-order valence-corrected chi connectivity index (χ4v) is 2.84. The van der Waals surface area contributed by atoms with Gasteiger partial charge in [-0.15, -0.1) is 4.91 Å². The van der Waals surface area contributed by atoms with Crippen LogP contribution in [0.1, 0.15) is 19.8 Å². The van der Waals surface area contributed by atoms with Crippen LogP contribution >= 0.6 is 7.26 Å². The smallest absolute Gasteiger partial charge is 0.193 e. The van der Waals surface area contributed by atoms with E-state index in [4.69, 9.17) is 0 Å². The first-order chi connectivity index (χ1) is 7.64. The summed E-state index contributed by atoms with van der Waals surface area (Å²) < 4.78 is 0. The molecular formula is C9H22N2O4P+. The maximum Gasteiger partial charge on any atom is 0.193 e. The molecule has 0 aromatic heterocycles. The lowest BCUT2D eigenvalue weighted by Gasteiger charge is -2.22. The minimum Gasteiger partial charge on any atom is -0.362 e. The van der Waals surface area contributed by atoms with Gasteiger partial charge in [0, 0.05) is 6.54 Å². The molecular weight excluding hydrogens is 231 g/mol. The van der Waals surface area contributed by atoms with E-state index in [0.29, 0.717) is 19.3 Å². The summed E-state index contributed by atoms with van der Waals surface area (Å²) >= 11 is 0. The van der Waals surface area contributed by atoms with E-state index < -0.39 is 7.26 Å². The largest absolute Gasteiger partial charge is 0.362 e. The van der Waals surface area contributed by atoms with Gasteiger partial charge in [0.1, 0.15) is 0 Å². The van der Waals surface area contributed by atoms with Gasteiger partial charge in [0.15, 0.2) is 19.0 Å². The minimum atomic E-state index is -2.11. The minimum absolute atomic E-state index is 0.0262. The van der Waals surface area contributed by atoms with Gasteiger partial charge in [0.25, 0.3) is 0 Å². The van der Waals surface area contributed by atoms with Crippen LogP contribution in [0.5, 0.6) is 0 Å². The highest BCUT2D eigenvalue weighted by Gasteiger charge is 2.37. The molecule has 0 radical (unpaired) electrons. The number of aliphatic hydroxyl groups excluding tert-OH is 2. The SMILES string of the molecule is CCCCN(O)CC[P+](CO)(CO)CN=O. The zero-order valence-electron chi connectivity index (χ0n) is 9.75. The first kappa shape index (κ1) is 15.9. The van der Waals surface area contributed by atoms with Crippen LogP contribution < -0.4 is 0 Å². The van der Waals surface area contributed by atoms with E-state index >= 15 is 0 Å². The molecule has 0 saturated carbocycles. The average Bonchev–Trinajstić information content (AvgIpc) is 2.32. The van der Waals surface area contributed by atoms with Gasteiger partial charge in [-0.3, -0.25) is 0 Å². The fraction of sp³-hybridized carbons (Fsp3) is 1.00. The Balaban J connectivity index is 4.04. The number of nitrogens with zero attached hydrogens (tertiary/aromatic N) is 2. The molecule has 96 valence electrons. The molecule has 0 bridgehead atoms. The van der Waals surface area contributed by atoms with Gasteiger partial charge in [-0.25, -0.2) is 0 Å². The molecule has 7 heteroatoms. The van der Waals surface area contributed by atoms with Crippen molar-refractivity contribution >= 4 is 7.26 Å². The van der Waals surface area contributed by atoms with Gasteiger partial charge in [0.2, 0.25) is 0 Å². The summed E-state index contributed by atoms with van der Waals surface area (Å²) in [6.45, 7) is 2.97. The van der Waals surface area contributed by atoms with Crippen molar-refractivity contribution in [1.82, 2.24) is 5.06 Å². The molecule has 0 amide bonds. The van der Waals surface area contributed by atoms with Gasteiger partial charge in [0.05, 0.1) is 20.0 Å². The van der Waals surface area contributed by atoms with Crippen molar-refractivity contribution < 1.29 is 15.4 Å². The Kier molecular flexibility index (Phi) is 8.89. The summed E-state index contributed by atoms with van der Waals surface area (Å²) in [5.74, 6) is 0. The number of nitroso groups, excluding NO2 is 1. The van der Waals surface area contributed by atoms with Gasteiger partial charge < -0.3 is 15.4 Å². The number of aliphatic hydroxyl groups is 2. The predicted octanol–water partition coefficient (Wildman–Crippen LogP) is 1.12. The van der Waals surface area contributed by atoms with E-state index in [0.717, 1.165) is 12.8 Å². The molecule has 16 heavy (non-hydrogen) atoms. The van der Waals surface area contributed by atoms with Crippen LogP contribution in [0.25, 0.3) is 0 Å². The second kappa shape index (κ2) is 8.96. The number of hydrogen-bond acceptors (Lipinski definition) is 6. The van der Waals surface area contributed by atoms with Crippen molar-refractivity contribution in [3.63, 3.8) is 0 Å². The standard InChI is InChI=1S/C9H22N2O4P/c1-2-3-4-11(15)5-6-16(8-12,9-13)7-10-14/h12-13,15H,2-9H2,1H3/q+1. The summed E-state index contributed by atoms with van der Waals surface area (Å²) in [7, 11) is -2.11. The van der Waals surface area contributed by atoms with Crippen molar-refractivity contribution in [2.45, 2.75) is 19.8 Å². The molecule has 0 aliphatic rings. The Hall–Kier alpha value is -0.130. The van der Waals surface area contributed by atoms with Crippen molar-refractivity contribution in [1.29, 1.82) is 0 Å². The van der Waals surface area contributed by atoms with Gasteiger partial charge in [-0.05, 0) is 11.6 Å². The second-order valence-corrected chi connectivity index (χ2v) is 7.90. The second-order valence-electron chi connectivity index (χ2n) is 3.93. The van der Waals surface area contributed by atoms with Crippen LogP contribution in [0.2, 0.25) is 0 Å².